The van der Waals surface area contributed by atoms with Gasteiger partial charge in [-0.3, -0.25) is 9.78 Å². The maximum atomic E-state index is 12.1. The minimum atomic E-state index is 0.118. The minimum absolute atomic E-state index is 0.118. The van der Waals surface area contributed by atoms with Gasteiger partial charge in [-0.05, 0) is 29.7 Å². The van der Waals surface area contributed by atoms with Crippen LogP contribution in [0.4, 0.5) is 17.3 Å². The Hall–Kier alpha value is -3.77. The quantitative estimate of drug-likeness (QED) is 0.428. The maximum Gasteiger partial charge on any atom is 0.227 e. The lowest BCUT2D eigenvalue weighted by atomic mass is 10.0. The molecule has 158 valence electrons. The van der Waals surface area contributed by atoms with Gasteiger partial charge in [0.2, 0.25) is 11.9 Å². The predicted octanol–water partition coefficient (Wildman–Crippen LogP) is 5.73. The number of amides is 1. The fourth-order valence-corrected chi connectivity index (χ4v) is 4.00. The SMILES string of the molecule is O=C1CCCN1c1cncc(Nc2ncc(Cl)c(-c3cccc(-c4ccccc4)c3)n2)c1. The number of carbonyl (C=O) groups is 1. The zero-order valence-electron chi connectivity index (χ0n) is 17.2. The highest BCUT2D eigenvalue weighted by molar-refractivity contribution is 6.32. The Bertz CT molecular complexity index is 1280. The summed E-state index contributed by atoms with van der Waals surface area (Å²) in [6.45, 7) is 0.712. The standard InChI is InChI=1S/C25H20ClN5O/c26-22-16-28-25(29-20-13-21(15-27-14-20)31-11-5-10-23(31)32)30-24(22)19-9-4-8-18(12-19)17-6-2-1-3-7-17/h1-4,6-9,12-16H,5,10-11H2,(H,28,29,30). The predicted molar refractivity (Wildman–Crippen MR) is 127 cm³/mol. The molecule has 5 rings (SSSR count). The van der Waals surface area contributed by atoms with Crippen molar-refractivity contribution in [1.82, 2.24) is 15.0 Å². The van der Waals surface area contributed by atoms with E-state index in [1.54, 1.807) is 23.5 Å². The first-order valence-electron chi connectivity index (χ1n) is 10.4. The number of halogens is 1. The molecule has 1 N–H and O–H groups in total. The van der Waals surface area contributed by atoms with Crippen molar-refractivity contribution in [2.75, 3.05) is 16.8 Å². The molecule has 1 fully saturated rings. The highest BCUT2D eigenvalue weighted by Gasteiger charge is 2.22. The molecule has 0 saturated carbocycles. The maximum absolute atomic E-state index is 12.1. The van der Waals surface area contributed by atoms with Crippen molar-refractivity contribution in [2.24, 2.45) is 0 Å². The third-order valence-electron chi connectivity index (χ3n) is 5.35. The van der Waals surface area contributed by atoms with Crippen LogP contribution in [0.5, 0.6) is 0 Å². The van der Waals surface area contributed by atoms with E-state index in [1.165, 1.54) is 0 Å². The molecule has 7 heteroatoms. The van der Waals surface area contributed by atoms with E-state index in [2.05, 4.69) is 44.5 Å². The van der Waals surface area contributed by atoms with Gasteiger partial charge in [-0.2, -0.15) is 0 Å². The van der Waals surface area contributed by atoms with Gasteiger partial charge < -0.3 is 10.2 Å². The lowest BCUT2D eigenvalue weighted by molar-refractivity contribution is -0.117. The number of hydrogen-bond donors (Lipinski definition) is 1. The summed E-state index contributed by atoms with van der Waals surface area (Å²) in [5.41, 5.74) is 5.21. The molecule has 0 atom stereocenters. The van der Waals surface area contributed by atoms with E-state index in [9.17, 15) is 4.79 Å². The Balaban J connectivity index is 1.44. The number of hydrogen-bond acceptors (Lipinski definition) is 5. The Morgan fingerprint density at radius 1 is 0.906 bits per heavy atom. The zero-order valence-corrected chi connectivity index (χ0v) is 18.0. The first-order valence-corrected chi connectivity index (χ1v) is 10.8. The third-order valence-corrected chi connectivity index (χ3v) is 5.63. The smallest absolute Gasteiger partial charge is 0.227 e. The van der Waals surface area contributed by atoms with Crippen molar-refractivity contribution in [3.05, 3.63) is 84.3 Å². The van der Waals surface area contributed by atoms with Crippen molar-refractivity contribution in [1.29, 1.82) is 0 Å². The molecule has 32 heavy (non-hydrogen) atoms. The Labute approximate surface area is 190 Å². The molecule has 0 aliphatic carbocycles. The second-order valence-electron chi connectivity index (χ2n) is 7.54. The van der Waals surface area contributed by atoms with Crippen molar-refractivity contribution in [3.8, 4) is 22.4 Å². The molecule has 0 bridgehead atoms. The molecule has 0 spiro atoms. The Morgan fingerprint density at radius 2 is 1.72 bits per heavy atom. The largest absolute Gasteiger partial charge is 0.323 e. The van der Waals surface area contributed by atoms with Gasteiger partial charge in [-0.25, -0.2) is 9.97 Å². The van der Waals surface area contributed by atoms with Crippen LogP contribution in [0, 0.1) is 0 Å². The van der Waals surface area contributed by atoms with Gasteiger partial charge in [0.25, 0.3) is 0 Å². The van der Waals surface area contributed by atoms with Crippen molar-refractivity contribution in [3.63, 3.8) is 0 Å². The van der Waals surface area contributed by atoms with Crippen LogP contribution in [0.25, 0.3) is 22.4 Å². The molecule has 2 aromatic heterocycles. The number of aromatic nitrogens is 3. The molecule has 1 saturated heterocycles. The van der Waals surface area contributed by atoms with Gasteiger partial charge in [-0.1, -0.05) is 60.1 Å². The van der Waals surface area contributed by atoms with Crippen LogP contribution in [0.3, 0.4) is 0 Å². The van der Waals surface area contributed by atoms with Gasteiger partial charge in [0, 0.05) is 18.5 Å². The topological polar surface area (TPSA) is 71.0 Å². The molecule has 6 nitrogen and oxygen atoms in total. The Kier molecular flexibility index (Phi) is 5.52. The lowest BCUT2D eigenvalue weighted by Crippen LogP contribution is -2.23. The van der Waals surface area contributed by atoms with E-state index in [4.69, 9.17) is 11.6 Å². The first kappa shape index (κ1) is 20.2. The summed E-state index contributed by atoms with van der Waals surface area (Å²) in [5.74, 6) is 0.522. The van der Waals surface area contributed by atoms with Crippen molar-refractivity contribution >= 4 is 34.8 Å². The fourth-order valence-electron chi connectivity index (χ4n) is 3.80. The molecular formula is C25H20ClN5O. The molecule has 0 radical (unpaired) electrons. The Morgan fingerprint density at radius 3 is 2.53 bits per heavy atom. The van der Waals surface area contributed by atoms with E-state index in [0.717, 1.165) is 28.8 Å². The molecule has 4 aromatic rings. The van der Waals surface area contributed by atoms with E-state index in [0.29, 0.717) is 35.3 Å². The molecule has 1 aliphatic rings. The average molecular weight is 442 g/mol. The summed E-state index contributed by atoms with van der Waals surface area (Å²) in [4.78, 5) is 27.0. The second-order valence-corrected chi connectivity index (χ2v) is 7.95. The number of benzene rings is 2. The number of nitrogens with one attached hydrogen (secondary N) is 1. The zero-order chi connectivity index (χ0) is 21.9. The molecule has 2 aromatic carbocycles. The monoisotopic (exact) mass is 441 g/mol. The minimum Gasteiger partial charge on any atom is -0.323 e. The summed E-state index contributed by atoms with van der Waals surface area (Å²) >= 11 is 6.45. The number of pyridine rings is 1. The number of anilines is 3. The van der Waals surface area contributed by atoms with Gasteiger partial charge in [0.1, 0.15) is 0 Å². The lowest BCUT2D eigenvalue weighted by Gasteiger charge is -2.16. The molecule has 3 heterocycles. The van der Waals surface area contributed by atoms with E-state index >= 15 is 0 Å². The first-order chi connectivity index (χ1) is 15.7. The van der Waals surface area contributed by atoms with Crippen molar-refractivity contribution in [2.45, 2.75) is 12.8 Å². The summed E-state index contributed by atoms with van der Waals surface area (Å²) in [5, 5.41) is 3.65. The van der Waals surface area contributed by atoms with Crippen LogP contribution < -0.4 is 10.2 Å². The summed E-state index contributed by atoms with van der Waals surface area (Å²) < 4.78 is 0. The van der Waals surface area contributed by atoms with E-state index < -0.39 is 0 Å². The van der Waals surface area contributed by atoms with Crippen LogP contribution in [0.2, 0.25) is 5.02 Å². The normalized spacial score (nSPS) is 13.4. The highest BCUT2D eigenvalue weighted by atomic mass is 35.5. The molecular weight excluding hydrogens is 422 g/mol. The van der Waals surface area contributed by atoms with E-state index in [-0.39, 0.29) is 5.91 Å². The second kappa shape index (κ2) is 8.77. The van der Waals surface area contributed by atoms with Crippen LogP contribution in [-0.2, 0) is 4.79 Å². The van der Waals surface area contributed by atoms with Gasteiger partial charge in [0.15, 0.2) is 0 Å². The summed E-state index contributed by atoms with van der Waals surface area (Å²) in [6.07, 6.45) is 6.39. The number of rotatable bonds is 5. The van der Waals surface area contributed by atoms with Crippen LogP contribution in [0.1, 0.15) is 12.8 Å². The van der Waals surface area contributed by atoms with E-state index in [1.807, 2.05) is 36.4 Å². The molecule has 1 aliphatic heterocycles. The summed E-state index contributed by atoms with van der Waals surface area (Å²) in [6, 6.07) is 20.1. The fraction of sp³-hybridized carbons (Fsp3) is 0.120. The number of nitrogens with zero attached hydrogens (tertiary/aromatic N) is 4. The summed E-state index contributed by atoms with van der Waals surface area (Å²) in [7, 11) is 0. The van der Waals surface area contributed by atoms with Gasteiger partial charge in [0.05, 0.1) is 40.7 Å². The van der Waals surface area contributed by atoms with Crippen LogP contribution in [0.15, 0.2) is 79.3 Å². The van der Waals surface area contributed by atoms with Crippen molar-refractivity contribution < 1.29 is 4.79 Å². The third kappa shape index (κ3) is 4.18. The molecule has 1 amide bonds. The molecule has 0 unspecified atom stereocenters. The highest BCUT2D eigenvalue weighted by Crippen LogP contribution is 2.31. The van der Waals surface area contributed by atoms with Crippen LogP contribution in [-0.4, -0.2) is 27.4 Å². The average Bonchev–Trinajstić information content (AvgIpc) is 3.27. The van der Waals surface area contributed by atoms with Gasteiger partial charge >= 0.3 is 0 Å². The van der Waals surface area contributed by atoms with Crippen LogP contribution >= 0.6 is 11.6 Å². The number of carbonyl (C=O) groups excluding carboxylic acids is 1. The van der Waals surface area contributed by atoms with Gasteiger partial charge in [-0.15, -0.1) is 0 Å².